The van der Waals surface area contributed by atoms with Crippen molar-refractivity contribution in [3.63, 3.8) is 0 Å². The summed E-state index contributed by atoms with van der Waals surface area (Å²) in [6.07, 6.45) is -27.1. The molecule has 0 saturated carbocycles. The molecule has 13 N–H and O–H groups in total. The molecule has 0 aromatic carbocycles. The second-order valence-corrected chi connectivity index (χ2v) is 10.2. The molecule has 2 fully saturated rings. The normalized spacial score (nSPS) is 36.5. The number of aliphatic hydroxyl groups is 11. The molecule has 15 atom stereocenters. The number of hydrogen-bond donors (Lipinski definition) is 13. The summed E-state index contributed by atoms with van der Waals surface area (Å²) in [7, 11) is 0. The molecular formula is C23H39NNaO19. The monoisotopic (exact) mass is 656 g/mol. The van der Waals surface area contributed by atoms with Crippen LogP contribution in [-0.2, 0) is 33.3 Å². The summed E-state index contributed by atoms with van der Waals surface area (Å²) in [5.41, 5.74) is 0. The van der Waals surface area contributed by atoms with Gasteiger partial charge in [0.1, 0.15) is 67.1 Å². The molecule has 0 aromatic heterocycles. The van der Waals surface area contributed by atoms with E-state index in [1.807, 2.05) is 0 Å². The molecule has 0 aliphatic carbocycles. The van der Waals surface area contributed by atoms with Crippen molar-refractivity contribution < 1.29 is 94.6 Å². The number of rotatable bonds is 15. The molecule has 251 valence electrons. The van der Waals surface area contributed by atoms with E-state index in [0.717, 1.165) is 6.92 Å². The summed E-state index contributed by atoms with van der Waals surface area (Å²) < 4.78 is 21.4. The number of amides is 1. The number of carboxylic acid groups (broad SMARTS) is 1. The number of carbonyl (C=O) groups excluding carboxylic acids is 2. The first-order valence-corrected chi connectivity index (χ1v) is 13.0. The van der Waals surface area contributed by atoms with E-state index in [1.165, 1.54) is 0 Å². The summed E-state index contributed by atoms with van der Waals surface area (Å²) in [6.45, 7) is -2.09. The minimum atomic E-state index is -2.87. The van der Waals surface area contributed by atoms with E-state index >= 15 is 0 Å². The fourth-order valence-corrected chi connectivity index (χ4v) is 4.59. The fraction of sp³-hybridized carbons (Fsp3) is 0.870. The van der Waals surface area contributed by atoms with Gasteiger partial charge in [-0.05, 0) is 0 Å². The molecule has 2 aliphatic heterocycles. The van der Waals surface area contributed by atoms with E-state index in [0.29, 0.717) is 0 Å². The van der Waals surface area contributed by atoms with Gasteiger partial charge in [0.05, 0.1) is 32.0 Å². The Kier molecular flexibility index (Phi) is 16.6. The average molecular weight is 657 g/mol. The third kappa shape index (κ3) is 9.53. The molecule has 1 amide bonds. The van der Waals surface area contributed by atoms with Crippen LogP contribution < -0.4 is 5.32 Å². The van der Waals surface area contributed by atoms with Gasteiger partial charge in [-0.2, -0.15) is 0 Å². The molecular weight excluding hydrogens is 617 g/mol. The fourth-order valence-electron chi connectivity index (χ4n) is 4.59. The quantitative estimate of drug-likeness (QED) is 0.0574. The van der Waals surface area contributed by atoms with Crippen molar-refractivity contribution in [2.75, 3.05) is 19.8 Å². The van der Waals surface area contributed by atoms with Crippen LogP contribution in [0.4, 0.5) is 0 Å². The van der Waals surface area contributed by atoms with Gasteiger partial charge in [0.2, 0.25) is 5.91 Å². The average Bonchev–Trinajstić information content (AvgIpc) is 2.97. The van der Waals surface area contributed by atoms with Crippen LogP contribution in [0.25, 0.3) is 0 Å². The number of carbonyl (C=O) groups is 3. The zero-order valence-corrected chi connectivity index (χ0v) is 25.7. The number of aliphatic carboxylic acids is 1. The van der Waals surface area contributed by atoms with Gasteiger partial charge in [-0.3, -0.25) is 4.79 Å². The molecule has 0 aromatic rings. The van der Waals surface area contributed by atoms with Crippen molar-refractivity contribution >= 4 is 47.7 Å². The van der Waals surface area contributed by atoms with E-state index in [4.69, 9.17) is 18.9 Å². The Bertz CT molecular complexity index is 934. The summed E-state index contributed by atoms with van der Waals surface area (Å²) >= 11 is 0. The molecule has 2 rings (SSSR count). The van der Waals surface area contributed by atoms with Crippen molar-refractivity contribution in [1.82, 2.24) is 5.32 Å². The zero-order valence-electron chi connectivity index (χ0n) is 23.7. The SMILES string of the molecule is CC(=O)N[C@H]1[C@H]([C@H](O)[C@H](O)CO)O[C@@](OC[C@H]2O[C@@H](O[C@@H]([C@H](O)[C@@H](O)C=O)[C@H](O)CO)[C@H](O)[C@@H](O)[C@H]2O)(C(=O)O)C[C@@H]1O.[Na]. The van der Waals surface area contributed by atoms with Crippen molar-refractivity contribution in [3.05, 3.63) is 0 Å². The maximum absolute atomic E-state index is 12.3. The predicted molar refractivity (Wildman–Crippen MR) is 137 cm³/mol. The summed E-state index contributed by atoms with van der Waals surface area (Å²) in [5.74, 6) is -5.51. The molecule has 44 heavy (non-hydrogen) atoms. The first-order chi connectivity index (χ1) is 20.0. The minimum Gasteiger partial charge on any atom is -0.477 e. The van der Waals surface area contributed by atoms with Crippen LogP contribution in [-0.4, -0.2) is 220 Å². The van der Waals surface area contributed by atoms with E-state index in [9.17, 15) is 75.7 Å². The third-order valence-corrected chi connectivity index (χ3v) is 7.02. The van der Waals surface area contributed by atoms with Crippen molar-refractivity contribution in [1.29, 1.82) is 0 Å². The number of carboxylic acids is 1. The van der Waals surface area contributed by atoms with Crippen LogP contribution in [0.15, 0.2) is 0 Å². The van der Waals surface area contributed by atoms with Gasteiger partial charge in [0.25, 0.3) is 5.79 Å². The van der Waals surface area contributed by atoms with Gasteiger partial charge in [-0.15, -0.1) is 0 Å². The Morgan fingerprint density at radius 2 is 1.59 bits per heavy atom. The van der Waals surface area contributed by atoms with E-state index < -0.39 is 129 Å². The first kappa shape index (κ1) is 41.0. The summed E-state index contributed by atoms with van der Waals surface area (Å²) in [6, 6.07) is -1.50. The minimum absolute atomic E-state index is 0. The van der Waals surface area contributed by atoms with Crippen molar-refractivity contribution in [2.45, 2.75) is 105 Å². The Labute approximate surface area is 271 Å². The second-order valence-electron chi connectivity index (χ2n) is 10.2. The van der Waals surface area contributed by atoms with Gasteiger partial charge < -0.3 is 90.3 Å². The molecule has 0 spiro atoms. The van der Waals surface area contributed by atoms with E-state index in [2.05, 4.69) is 5.32 Å². The van der Waals surface area contributed by atoms with E-state index in [1.54, 1.807) is 0 Å². The molecule has 21 heteroatoms. The Balaban J connectivity index is 0.00000968. The second kappa shape index (κ2) is 17.8. The van der Waals surface area contributed by atoms with Gasteiger partial charge in [-0.1, -0.05) is 0 Å². The Morgan fingerprint density at radius 3 is 2.09 bits per heavy atom. The van der Waals surface area contributed by atoms with E-state index in [-0.39, 0.29) is 35.8 Å². The van der Waals surface area contributed by atoms with Gasteiger partial charge in [0.15, 0.2) is 12.6 Å². The number of aliphatic hydroxyl groups excluding tert-OH is 11. The molecule has 2 heterocycles. The third-order valence-electron chi connectivity index (χ3n) is 7.02. The van der Waals surface area contributed by atoms with Gasteiger partial charge in [0, 0.05) is 42.9 Å². The van der Waals surface area contributed by atoms with Crippen LogP contribution in [0.3, 0.4) is 0 Å². The molecule has 0 bridgehead atoms. The van der Waals surface area contributed by atoms with Crippen LogP contribution in [0.1, 0.15) is 13.3 Å². The maximum atomic E-state index is 12.3. The summed E-state index contributed by atoms with van der Waals surface area (Å²) in [4.78, 5) is 34.9. The maximum Gasteiger partial charge on any atom is 0.364 e. The standard InChI is InChI=1S/C23H39NO19.Na/c1-7(28)24-13-8(29)2-23(22(38)39,43-20(13)15(34)10(31)4-26)40-6-12-16(35)17(36)18(37)21(41-12)42-19(11(32)5-27)14(33)9(30)3-25;/h3,8-21,26-27,29-37H,2,4-6H2,1H3,(H,24,28)(H,38,39);/t8-,9-,10+,11+,12+,13+,14+,15+,16-,17-,18+,19+,20+,21-,23+;/m0./s1. The van der Waals surface area contributed by atoms with Crippen LogP contribution >= 0.6 is 0 Å². The largest absolute Gasteiger partial charge is 0.477 e. The summed E-state index contributed by atoms with van der Waals surface area (Å²) in [5, 5.41) is 123. The zero-order chi connectivity index (χ0) is 32.8. The van der Waals surface area contributed by atoms with Crippen molar-refractivity contribution in [2.24, 2.45) is 0 Å². The molecule has 20 nitrogen and oxygen atoms in total. The topological polar surface area (TPSA) is 343 Å². The first-order valence-electron chi connectivity index (χ1n) is 13.0. The number of ether oxygens (including phenoxy) is 4. The van der Waals surface area contributed by atoms with Gasteiger partial charge in [-0.25, -0.2) is 4.79 Å². The molecule has 2 aliphatic rings. The molecule has 0 unspecified atom stereocenters. The van der Waals surface area contributed by atoms with Crippen molar-refractivity contribution in [3.8, 4) is 0 Å². The van der Waals surface area contributed by atoms with Gasteiger partial charge >= 0.3 is 5.97 Å². The Hall–Kier alpha value is -0.990. The van der Waals surface area contributed by atoms with Crippen LogP contribution in [0.2, 0.25) is 0 Å². The Morgan fingerprint density at radius 1 is 1.00 bits per heavy atom. The van der Waals surface area contributed by atoms with Crippen LogP contribution in [0.5, 0.6) is 0 Å². The van der Waals surface area contributed by atoms with Crippen LogP contribution in [0, 0.1) is 0 Å². The predicted octanol–water partition coefficient (Wildman–Crippen LogP) is -8.76. The number of aldehydes is 1. The molecule has 1 radical (unpaired) electrons. The smallest absolute Gasteiger partial charge is 0.364 e. The number of nitrogens with one attached hydrogen (secondary N) is 1. The number of hydrogen-bond acceptors (Lipinski definition) is 18. The molecule has 2 saturated heterocycles.